The molecule has 1 aliphatic rings. The molecule has 2 nitrogen and oxygen atoms in total. The van der Waals surface area contributed by atoms with Crippen molar-refractivity contribution in [2.45, 2.75) is 52.0 Å². The molecule has 0 spiro atoms. The molecule has 1 fully saturated rings. The van der Waals surface area contributed by atoms with Gasteiger partial charge in [0.1, 0.15) is 0 Å². The molecule has 0 bridgehead atoms. The van der Waals surface area contributed by atoms with Crippen molar-refractivity contribution in [1.82, 2.24) is 5.32 Å². The second kappa shape index (κ2) is 7.24. The molecular formula is C13H27NO. The first kappa shape index (κ1) is 13.0. The van der Waals surface area contributed by atoms with E-state index in [2.05, 4.69) is 19.2 Å². The van der Waals surface area contributed by atoms with Gasteiger partial charge in [0, 0.05) is 19.8 Å². The van der Waals surface area contributed by atoms with Crippen molar-refractivity contribution >= 4 is 0 Å². The number of rotatable bonds is 7. The van der Waals surface area contributed by atoms with Gasteiger partial charge in [0.15, 0.2) is 0 Å². The number of ether oxygens (including phenoxy) is 1. The molecule has 1 rings (SSSR count). The van der Waals surface area contributed by atoms with E-state index in [0.717, 1.165) is 31.0 Å². The average Bonchev–Trinajstić information content (AvgIpc) is 2.64. The molecule has 3 unspecified atom stereocenters. The summed E-state index contributed by atoms with van der Waals surface area (Å²) < 4.78 is 5.13. The Labute approximate surface area is 94.8 Å². The summed E-state index contributed by atoms with van der Waals surface area (Å²) in [6.07, 6.45) is 6.74. The van der Waals surface area contributed by atoms with E-state index in [1.807, 2.05) is 0 Å². The van der Waals surface area contributed by atoms with Gasteiger partial charge < -0.3 is 10.1 Å². The molecule has 2 heteroatoms. The lowest BCUT2D eigenvalue weighted by Gasteiger charge is -2.27. The zero-order chi connectivity index (χ0) is 11.1. The highest BCUT2D eigenvalue weighted by Gasteiger charge is 2.29. The Morgan fingerprint density at radius 1 is 1.40 bits per heavy atom. The Hall–Kier alpha value is -0.0800. The van der Waals surface area contributed by atoms with Crippen LogP contribution in [0.2, 0.25) is 0 Å². The third-order valence-corrected chi connectivity index (χ3v) is 3.77. The Kier molecular flexibility index (Phi) is 6.26. The first-order valence-electron chi connectivity index (χ1n) is 6.52. The van der Waals surface area contributed by atoms with Gasteiger partial charge in [0.25, 0.3) is 0 Å². The molecule has 0 radical (unpaired) electrons. The van der Waals surface area contributed by atoms with Crippen LogP contribution in [-0.2, 0) is 4.74 Å². The summed E-state index contributed by atoms with van der Waals surface area (Å²) in [5, 5.41) is 3.66. The molecule has 0 aromatic heterocycles. The first-order chi connectivity index (χ1) is 7.29. The van der Waals surface area contributed by atoms with Crippen LogP contribution in [0.1, 0.15) is 46.0 Å². The molecule has 3 atom stereocenters. The normalized spacial score (nSPS) is 28.2. The molecular weight excluding hydrogens is 186 g/mol. The van der Waals surface area contributed by atoms with E-state index < -0.39 is 0 Å². The van der Waals surface area contributed by atoms with Crippen molar-refractivity contribution in [1.29, 1.82) is 0 Å². The van der Waals surface area contributed by atoms with Gasteiger partial charge in [-0.25, -0.2) is 0 Å². The lowest BCUT2D eigenvalue weighted by atomic mass is 9.87. The molecule has 0 amide bonds. The van der Waals surface area contributed by atoms with Crippen molar-refractivity contribution in [3.05, 3.63) is 0 Å². The Morgan fingerprint density at radius 2 is 2.20 bits per heavy atom. The van der Waals surface area contributed by atoms with Crippen LogP contribution in [0.5, 0.6) is 0 Å². The van der Waals surface area contributed by atoms with Crippen LogP contribution in [0.15, 0.2) is 0 Å². The highest BCUT2D eigenvalue weighted by Crippen LogP contribution is 2.34. The summed E-state index contributed by atoms with van der Waals surface area (Å²) in [6, 6.07) is 0.725. The van der Waals surface area contributed by atoms with Crippen LogP contribution >= 0.6 is 0 Å². The molecule has 1 N–H and O–H groups in total. The Morgan fingerprint density at radius 3 is 2.73 bits per heavy atom. The maximum atomic E-state index is 5.13. The van der Waals surface area contributed by atoms with Crippen LogP contribution in [-0.4, -0.2) is 26.3 Å². The molecule has 0 aromatic carbocycles. The Balaban J connectivity index is 2.34. The van der Waals surface area contributed by atoms with E-state index in [9.17, 15) is 0 Å². The van der Waals surface area contributed by atoms with Crippen molar-refractivity contribution in [2.75, 3.05) is 20.3 Å². The fraction of sp³-hybridized carbons (Fsp3) is 1.00. The van der Waals surface area contributed by atoms with E-state index in [1.165, 1.54) is 32.1 Å². The fourth-order valence-electron chi connectivity index (χ4n) is 2.95. The maximum Gasteiger partial charge on any atom is 0.0462 e. The summed E-state index contributed by atoms with van der Waals surface area (Å²) in [6.45, 7) is 6.63. The van der Waals surface area contributed by atoms with Gasteiger partial charge in [0.05, 0.1) is 0 Å². The molecule has 1 saturated carbocycles. The zero-order valence-electron chi connectivity index (χ0n) is 10.6. The molecule has 15 heavy (non-hydrogen) atoms. The summed E-state index contributed by atoms with van der Waals surface area (Å²) >= 11 is 0. The smallest absolute Gasteiger partial charge is 0.0462 e. The molecule has 0 saturated heterocycles. The minimum atomic E-state index is 0.725. The quantitative estimate of drug-likeness (QED) is 0.657. The van der Waals surface area contributed by atoms with Crippen molar-refractivity contribution in [3.8, 4) is 0 Å². The monoisotopic (exact) mass is 213 g/mol. The molecule has 0 heterocycles. The third kappa shape index (κ3) is 4.12. The second-order valence-corrected chi connectivity index (χ2v) is 4.87. The highest BCUT2D eigenvalue weighted by molar-refractivity contribution is 4.84. The van der Waals surface area contributed by atoms with Crippen LogP contribution in [0, 0.1) is 11.8 Å². The van der Waals surface area contributed by atoms with Crippen molar-refractivity contribution < 1.29 is 4.74 Å². The van der Waals surface area contributed by atoms with Gasteiger partial charge in [-0.2, -0.15) is 0 Å². The molecule has 1 aliphatic carbocycles. The van der Waals surface area contributed by atoms with Gasteiger partial charge in [-0.05, 0) is 37.6 Å². The minimum Gasteiger partial charge on any atom is -0.385 e. The lowest BCUT2D eigenvalue weighted by Crippen LogP contribution is -2.37. The minimum absolute atomic E-state index is 0.725. The van der Waals surface area contributed by atoms with E-state index in [0.29, 0.717) is 0 Å². The van der Waals surface area contributed by atoms with Gasteiger partial charge in [-0.1, -0.05) is 26.7 Å². The summed E-state index contributed by atoms with van der Waals surface area (Å²) in [5.74, 6) is 1.82. The largest absolute Gasteiger partial charge is 0.385 e. The number of methoxy groups -OCH3 is 1. The van der Waals surface area contributed by atoms with E-state index >= 15 is 0 Å². The van der Waals surface area contributed by atoms with Crippen molar-refractivity contribution in [2.24, 2.45) is 11.8 Å². The number of nitrogens with one attached hydrogen (secondary N) is 1. The summed E-state index contributed by atoms with van der Waals surface area (Å²) in [4.78, 5) is 0. The topological polar surface area (TPSA) is 21.3 Å². The van der Waals surface area contributed by atoms with Gasteiger partial charge in [-0.3, -0.25) is 0 Å². The van der Waals surface area contributed by atoms with Gasteiger partial charge in [-0.15, -0.1) is 0 Å². The second-order valence-electron chi connectivity index (χ2n) is 4.87. The van der Waals surface area contributed by atoms with Crippen LogP contribution in [0.3, 0.4) is 0 Å². The van der Waals surface area contributed by atoms with E-state index in [-0.39, 0.29) is 0 Å². The third-order valence-electron chi connectivity index (χ3n) is 3.77. The molecule has 90 valence electrons. The number of hydrogen-bond donors (Lipinski definition) is 1. The standard InChI is InChI=1S/C13H27NO/c1-4-14-13(9-6-10-15-3)12-8-5-7-11(12)2/h11-14H,4-10H2,1-3H3. The van der Waals surface area contributed by atoms with Crippen LogP contribution in [0.25, 0.3) is 0 Å². The molecule has 0 aliphatic heterocycles. The van der Waals surface area contributed by atoms with E-state index in [1.54, 1.807) is 7.11 Å². The fourth-order valence-corrected chi connectivity index (χ4v) is 2.95. The van der Waals surface area contributed by atoms with Crippen molar-refractivity contribution in [3.63, 3.8) is 0 Å². The zero-order valence-corrected chi connectivity index (χ0v) is 10.6. The SMILES string of the molecule is CCNC(CCCOC)C1CCCC1C. The number of hydrogen-bond acceptors (Lipinski definition) is 2. The summed E-state index contributed by atoms with van der Waals surface area (Å²) in [7, 11) is 1.79. The van der Waals surface area contributed by atoms with Gasteiger partial charge >= 0.3 is 0 Å². The highest BCUT2D eigenvalue weighted by atomic mass is 16.5. The lowest BCUT2D eigenvalue weighted by molar-refractivity contribution is 0.180. The predicted octanol–water partition coefficient (Wildman–Crippen LogP) is 2.83. The predicted molar refractivity (Wildman–Crippen MR) is 65.1 cm³/mol. The average molecular weight is 213 g/mol. The molecule has 0 aromatic rings. The van der Waals surface area contributed by atoms with Gasteiger partial charge in [0.2, 0.25) is 0 Å². The maximum absolute atomic E-state index is 5.13. The van der Waals surface area contributed by atoms with Crippen LogP contribution in [0.4, 0.5) is 0 Å². The van der Waals surface area contributed by atoms with E-state index in [4.69, 9.17) is 4.74 Å². The summed E-state index contributed by atoms with van der Waals surface area (Å²) in [5.41, 5.74) is 0. The Bertz CT molecular complexity index is 161. The van der Waals surface area contributed by atoms with Crippen LogP contribution < -0.4 is 5.32 Å². The first-order valence-corrected chi connectivity index (χ1v) is 6.52.